The monoisotopic (exact) mass is 413 g/mol. The molecule has 0 aliphatic carbocycles. The molecule has 27 heavy (non-hydrogen) atoms. The van der Waals surface area contributed by atoms with E-state index in [1.54, 1.807) is 28.8 Å². The van der Waals surface area contributed by atoms with E-state index in [-0.39, 0.29) is 35.5 Å². The fourth-order valence-corrected chi connectivity index (χ4v) is 6.07. The van der Waals surface area contributed by atoms with Gasteiger partial charge in [0.2, 0.25) is 11.8 Å². The van der Waals surface area contributed by atoms with Gasteiger partial charge in [-0.1, -0.05) is 19.1 Å². The largest absolute Gasteiger partial charge is 0.340 e. The molecule has 3 atom stereocenters. The van der Waals surface area contributed by atoms with Gasteiger partial charge in [-0.3, -0.25) is 9.59 Å². The van der Waals surface area contributed by atoms with Gasteiger partial charge in [0, 0.05) is 25.3 Å². The van der Waals surface area contributed by atoms with Crippen LogP contribution in [-0.2, 0) is 14.5 Å². The Morgan fingerprint density at radius 3 is 2.67 bits per heavy atom. The second-order valence-corrected chi connectivity index (χ2v) is 9.20. The Kier molecular flexibility index (Phi) is 5.49. The van der Waals surface area contributed by atoms with Gasteiger partial charge in [0.15, 0.2) is 0 Å². The van der Waals surface area contributed by atoms with E-state index in [1.807, 2.05) is 4.90 Å². The third-order valence-corrected chi connectivity index (χ3v) is 7.67. The van der Waals surface area contributed by atoms with Crippen LogP contribution in [0.15, 0.2) is 24.3 Å². The number of nitrogens with zero attached hydrogens (tertiary/aromatic N) is 2. The van der Waals surface area contributed by atoms with Crippen molar-refractivity contribution in [2.24, 2.45) is 11.1 Å². The van der Waals surface area contributed by atoms with E-state index in [1.165, 1.54) is 12.1 Å². The molecule has 1 aromatic carbocycles. The molecule has 0 aromatic heterocycles. The summed E-state index contributed by atoms with van der Waals surface area (Å²) >= 11 is 1.63. The molecule has 3 saturated heterocycles. The standard InChI is InChI=1S/C19H24FN3O2S.ClH/c1-18(11-21)8-9-22(12-18)17(25)15-10-26-19(7-6-16(24)23(15)19)13-2-4-14(20)5-3-13;/h2-5,15H,6-12,21H2,1H3;1H. The van der Waals surface area contributed by atoms with E-state index in [9.17, 15) is 14.0 Å². The van der Waals surface area contributed by atoms with Crippen LogP contribution >= 0.6 is 24.2 Å². The summed E-state index contributed by atoms with van der Waals surface area (Å²) in [4.78, 5) is 28.9. The average Bonchev–Trinajstić information content (AvgIpc) is 3.30. The van der Waals surface area contributed by atoms with Crippen molar-refractivity contribution in [1.82, 2.24) is 9.80 Å². The van der Waals surface area contributed by atoms with Crippen LogP contribution in [0.5, 0.6) is 0 Å². The third kappa shape index (κ3) is 3.23. The Morgan fingerprint density at radius 2 is 2.04 bits per heavy atom. The normalized spacial score (nSPS) is 32.6. The lowest BCUT2D eigenvalue weighted by Gasteiger charge is -2.35. The minimum Gasteiger partial charge on any atom is -0.340 e. The number of amides is 2. The zero-order valence-corrected chi connectivity index (χ0v) is 17.0. The van der Waals surface area contributed by atoms with E-state index in [0.717, 1.165) is 12.0 Å². The van der Waals surface area contributed by atoms with Gasteiger partial charge in [0.25, 0.3) is 0 Å². The van der Waals surface area contributed by atoms with Gasteiger partial charge in [0.1, 0.15) is 16.7 Å². The van der Waals surface area contributed by atoms with Crippen molar-refractivity contribution < 1.29 is 14.0 Å². The van der Waals surface area contributed by atoms with Gasteiger partial charge < -0.3 is 15.5 Å². The molecule has 148 valence electrons. The van der Waals surface area contributed by atoms with Crippen LogP contribution in [-0.4, -0.2) is 53.0 Å². The van der Waals surface area contributed by atoms with E-state index < -0.39 is 10.9 Å². The molecular weight excluding hydrogens is 389 g/mol. The molecule has 3 aliphatic heterocycles. The predicted octanol–water partition coefficient (Wildman–Crippen LogP) is 2.34. The van der Waals surface area contributed by atoms with Crippen LogP contribution in [0.2, 0.25) is 0 Å². The van der Waals surface area contributed by atoms with Crippen LogP contribution in [0.4, 0.5) is 4.39 Å². The highest BCUT2D eigenvalue weighted by Gasteiger charge is 2.57. The number of hydrogen-bond acceptors (Lipinski definition) is 4. The molecule has 3 unspecified atom stereocenters. The number of carbonyl (C=O) groups is 2. The molecule has 3 aliphatic rings. The molecule has 0 radical (unpaired) electrons. The Labute approximate surface area is 169 Å². The maximum Gasteiger partial charge on any atom is 0.246 e. The molecule has 2 amide bonds. The molecule has 8 heteroatoms. The fraction of sp³-hybridized carbons (Fsp3) is 0.579. The minimum atomic E-state index is -0.540. The molecule has 0 spiro atoms. The van der Waals surface area contributed by atoms with Crippen LogP contribution < -0.4 is 5.73 Å². The number of hydrogen-bond donors (Lipinski definition) is 1. The minimum absolute atomic E-state index is 0. The van der Waals surface area contributed by atoms with E-state index in [0.29, 0.717) is 38.2 Å². The molecule has 3 fully saturated rings. The first kappa shape index (κ1) is 20.4. The van der Waals surface area contributed by atoms with Gasteiger partial charge in [-0.05, 0) is 42.5 Å². The Bertz CT molecular complexity index is 749. The highest BCUT2D eigenvalue weighted by molar-refractivity contribution is 8.00. The summed E-state index contributed by atoms with van der Waals surface area (Å²) in [6, 6.07) is 5.88. The number of carbonyl (C=O) groups excluding carboxylic acids is 2. The van der Waals surface area contributed by atoms with Gasteiger partial charge in [-0.2, -0.15) is 0 Å². The van der Waals surface area contributed by atoms with Crippen molar-refractivity contribution in [3.05, 3.63) is 35.6 Å². The molecular formula is C19H25ClFN3O2S. The Balaban J connectivity index is 0.00000210. The quantitative estimate of drug-likeness (QED) is 0.825. The van der Waals surface area contributed by atoms with Crippen molar-refractivity contribution in [2.75, 3.05) is 25.4 Å². The lowest BCUT2D eigenvalue weighted by atomic mass is 9.90. The van der Waals surface area contributed by atoms with Crippen molar-refractivity contribution in [1.29, 1.82) is 0 Å². The summed E-state index contributed by atoms with van der Waals surface area (Å²) < 4.78 is 13.3. The summed E-state index contributed by atoms with van der Waals surface area (Å²) in [6.45, 7) is 4.00. The number of likely N-dealkylation sites (tertiary alicyclic amines) is 1. The van der Waals surface area contributed by atoms with E-state index >= 15 is 0 Å². The van der Waals surface area contributed by atoms with Crippen LogP contribution in [0.25, 0.3) is 0 Å². The van der Waals surface area contributed by atoms with Gasteiger partial charge in [-0.15, -0.1) is 24.2 Å². The number of halogens is 2. The average molecular weight is 414 g/mol. The number of benzene rings is 1. The van der Waals surface area contributed by atoms with Crippen molar-refractivity contribution in [3.8, 4) is 0 Å². The second kappa shape index (κ2) is 7.26. The molecule has 1 aromatic rings. The van der Waals surface area contributed by atoms with Crippen LogP contribution in [0.1, 0.15) is 31.7 Å². The first-order valence-electron chi connectivity index (χ1n) is 9.10. The summed E-state index contributed by atoms with van der Waals surface area (Å²) in [5, 5.41) is 0. The number of thioether (sulfide) groups is 1. The van der Waals surface area contributed by atoms with Gasteiger partial charge >= 0.3 is 0 Å². The van der Waals surface area contributed by atoms with Crippen molar-refractivity contribution in [2.45, 2.75) is 37.1 Å². The summed E-state index contributed by atoms with van der Waals surface area (Å²) in [5.74, 6) is 0.319. The van der Waals surface area contributed by atoms with Gasteiger partial charge in [-0.25, -0.2) is 4.39 Å². The zero-order valence-electron chi connectivity index (χ0n) is 15.3. The number of nitrogens with two attached hydrogens (primary N) is 1. The lowest BCUT2D eigenvalue weighted by Crippen LogP contribution is -2.51. The van der Waals surface area contributed by atoms with Crippen LogP contribution in [0, 0.1) is 11.2 Å². The maximum absolute atomic E-state index is 13.3. The van der Waals surface area contributed by atoms with E-state index in [4.69, 9.17) is 5.73 Å². The fourth-order valence-electron chi connectivity index (χ4n) is 4.43. The molecule has 0 bridgehead atoms. The first-order chi connectivity index (χ1) is 12.4. The Hall–Kier alpha value is -1.31. The lowest BCUT2D eigenvalue weighted by molar-refractivity contribution is -0.143. The highest BCUT2D eigenvalue weighted by atomic mass is 35.5. The molecule has 0 saturated carbocycles. The topological polar surface area (TPSA) is 66.6 Å². The van der Waals surface area contributed by atoms with Crippen LogP contribution in [0.3, 0.4) is 0 Å². The third-order valence-electron chi connectivity index (χ3n) is 6.07. The summed E-state index contributed by atoms with van der Waals surface area (Å²) in [7, 11) is 0. The van der Waals surface area contributed by atoms with E-state index in [2.05, 4.69) is 6.92 Å². The molecule has 3 heterocycles. The first-order valence-corrected chi connectivity index (χ1v) is 10.1. The molecule has 5 nitrogen and oxygen atoms in total. The predicted molar refractivity (Wildman–Crippen MR) is 106 cm³/mol. The summed E-state index contributed by atoms with van der Waals surface area (Å²) in [5.41, 5.74) is 6.73. The zero-order chi connectivity index (χ0) is 18.5. The maximum atomic E-state index is 13.3. The smallest absolute Gasteiger partial charge is 0.246 e. The molecule has 4 rings (SSSR count). The summed E-state index contributed by atoms with van der Waals surface area (Å²) in [6.07, 6.45) is 1.98. The van der Waals surface area contributed by atoms with Crippen molar-refractivity contribution in [3.63, 3.8) is 0 Å². The number of rotatable bonds is 3. The van der Waals surface area contributed by atoms with Gasteiger partial charge in [0.05, 0.1) is 0 Å². The highest BCUT2D eigenvalue weighted by Crippen LogP contribution is 2.54. The molecule has 2 N–H and O–H groups in total. The SMILES string of the molecule is CC1(CN)CCN(C(=O)C2CSC3(c4ccc(F)cc4)CCC(=O)N23)C1.Cl. The second-order valence-electron chi connectivity index (χ2n) is 7.91. The Morgan fingerprint density at radius 1 is 1.33 bits per heavy atom. The number of fused-ring (bicyclic) bond motifs is 1. The van der Waals surface area contributed by atoms with Crippen molar-refractivity contribution >= 4 is 36.0 Å².